The molecule has 0 aliphatic heterocycles. The quantitative estimate of drug-likeness (QED) is 0.653. The molecule has 6 nitrogen and oxygen atoms in total. The minimum Gasteiger partial charge on any atom is -0.310 e. The summed E-state index contributed by atoms with van der Waals surface area (Å²) in [6, 6.07) is 0. The number of thiazole rings is 1. The van der Waals surface area contributed by atoms with Gasteiger partial charge in [0, 0.05) is 22.6 Å². The monoisotopic (exact) mass is 428 g/mol. The summed E-state index contributed by atoms with van der Waals surface area (Å²) in [7, 11) is 0. The number of hydrogen-bond acceptors (Lipinski definition) is 6. The van der Waals surface area contributed by atoms with Crippen molar-refractivity contribution in [1.29, 1.82) is 0 Å². The highest BCUT2D eigenvalue weighted by Gasteiger charge is 2.21. The van der Waals surface area contributed by atoms with Gasteiger partial charge in [0.15, 0.2) is 5.13 Å². The average molecular weight is 429 g/mol. The van der Waals surface area contributed by atoms with E-state index in [1.54, 1.807) is 22.7 Å². The largest absolute Gasteiger partial charge is 0.310 e. The summed E-state index contributed by atoms with van der Waals surface area (Å²) in [5.74, 6) is 0.507. The molecule has 0 saturated heterocycles. The van der Waals surface area contributed by atoms with Crippen molar-refractivity contribution < 1.29 is 4.79 Å². The van der Waals surface area contributed by atoms with E-state index in [1.807, 2.05) is 0 Å². The number of carbonyl (C=O) groups is 1. The Morgan fingerprint density at radius 1 is 0.966 bits per heavy atom. The average Bonchev–Trinajstić information content (AvgIpc) is 3.35. The SMILES string of the molecule is O=C(CCc1nc2sc3c(c2c(=O)[nH]1)CCC3)Nc1nc2c(s1)CCCCCC2. The highest BCUT2D eigenvalue weighted by atomic mass is 32.1. The zero-order valence-corrected chi connectivity index (χ0v) is 17.9. The van der Waals surface area contributed by atoms with Crippen LogP contribution in [0, 0.1) is 0 Å². The number of anilines is 1. The molecule has 3 heterocycles. The Morgan fingerprint density at radius 3 is 2.69 bits per heavy atom. The van der Waals surface area contributed by atoms with E-state index >= 15 is 0 Å². The summed E-state index contributed by atoms with van der Waals surface area (Å²) in [4.78, 5) is 40.5. The molecule has 2 aliphatic rings. The van der Waals surface area contributed by atoms with Gasteiger partial charge in [-0.1, -0.05) is 12.8 Å². The maximum Gasteiger partial charge on any atom is 0.259 e. The number of thiophene rings is 1. The Kier molecular flexibility index (Phi) is 5.22. The van der Waals surface area contributed by atoms with Crippen molar-refractivity contribution in [2.24, 2.45) is 0 Å². The zero-order valence-electron chi connectivity index (χ0n) is 16.3. The smallest absolute Gasteiger partial charge is 0.259 e. The Balaban J connectivity index is 1.25. The highest BCUT2D eigenvalue weighted by Crippen LogP contribution is 2.34. The van der Waals surface area contributed by atoms with Crippen LogP contribution in [0.2, 0.25) is 0 Å². The lowest BCUT2D eigenvalue weighted by molar-refractivity contribution is -0.116. The first-order chi connectivity index (χ1) is 14.2. The van der Waals surface area contributed by atoms with Crippen LogP contribution in [0.4, 0.5) is 5.13 Å². The number of fused-ring (bicyclic) bond motifs is 4. The van der Waals surface area contributed by atoms with Crippen LogP contribution in [0.15, 0.2) is 4.79 Å². The third kappa shape index (κ3) is 3.88. The molecule has 0 atom stereocenters. The van der Waals surface area contributed by atoms with Crippen molar-refractivity contribution in [2.45, 2.75) is 70.6 Å². The Bertz CT molecular complexity index is 1100. The van der Waals surface area contributed by atoms with Crippen molar-refractivity contribution in [3.63, 3.8) is 0 Å². The molecule has 29 heavy (non-hydrogen) atoms. The fourth-order valence-corrected chi connectivity index (χ4v) is 6.68. The van der Waals surface area contributed by atoms with Crippen molar-refractivity contribution in [3.05, 3.63) is 37.2 Å². The normalized spacial score (nSPS) is 16.3. The first kappa shape index (κ1) is 18.9. The van der Waals surface area contributed by atoms with Gasteiger partial charge in [-0.3, -0.25) is 9.59 Å². The lowest BCUT2D eigenvalue weighted by Crippen LogP contribution is -2.16. The standard InChI is InChI=1S/C21H24N4O2S2/c26-17(25-21-22-13-7-3-1-2-4-8-15(13)29-21)11-10-16-23-19(27)18-12-6-5-9-14(12)28-20(18)24-16/h1-11H2,(H,22,25,26)(H,23,24,27). The summed E-state index contributed by atoms with van der Waals surface area (Å²) in [5, 5.41) is 4.41. The molecular formula is C21H24N4O2S2. The molecule has 0 saturated carbocycles. The van der Waals surface area contributed by atoms with Gasteiger partial charge >= 0.3 is 0 Å². The van der Waals surface area contributed by atoms with Crippen molar-refractivity contribution in [1.82, 2.24) is 15.0 Å². The molecule has 2 N–H and O–H groups in total. The van der Waals surface area contributed by atoms with Gasteiger partial charge in [0.05, 0.1) is 11.1 Å². The molecule has 0 fully saturated rings. The number of H-pyrrole nitrogens is 1. The molecule has 0 radical (unpaired) electrons. The summed E-state index contributed by atoms with van der Waals surface area (Å²) in [6.07, 6.45) is 10.9. The Hall–Kier alpha value is -2.06. The van der Waals surface area contributed by atoms with Gasteiger partial charge in [0.25, 0.3) is 5.56 Å². The second-order valence-corrected chi connectivity index (χ2v) is 10.1. The van der Waals surface area contributed by atoms with Crippen LogP contribution in [-0.4, -0.2) is 20.9 Å². The number of aryl methyl sites for hydroxylation is 5. The molecule has 3 aromatic rings. The van der Waals surface area contributed by atoms with Crippen LogP contribution < -0.4 is 10.9 Å². The van der Waals surface area contributed by atoms with Gasteiger partial charge in [0.2, 0.25) is 5.91 Å². The number of nitrogens with zero attached hydrogens (tertiary/aromatic N) is 2. The lowest BCUT2D eigenvalue weighted by Gasteiger charge is -2.06. The second-order valence-electron chi connectivity index (χ2n) is 7.90. The Labute approximate surface area is 176 Å². The fourth-order valence-electron chi connectivity index (χ4n) is 4.34. The molecular weight excluding hydrogens is 404 g/mol. The predicted molar refractivity (Wildman–Crippen MR) is 117 cm³/mol. The molecule has 8 heteroatoms. The van der Waals surface area contributed by atoms with E-state index < -0.39 is 0 Å². The van der Waals surface area contributed by atoms with Gasteiger partial charge in [-0.25, -0.2) is 9.97 Å². The van der Waals surface area contributed by atoms with Crippen LogP contribution in [0.1, 0.15) is 65.4 Å². The number of rotatable bonds is 4. The third-order valence-electron chi connectivity index (χ3n) is 5.80. The van der Waals surface area contributed by atoms with E-state index in [2.05, 4.69) is 20.3 Å². The minimum absolute atomic E-state index is 0.0652. The summed E-state index contributed by atoms with van der Waals surface area (Å²) in [5.41, 5.74) is 2.28. The number of hydrogen-bond donors (Lipinski definition) is 2. The molecule has 0 spiro atoms. The van der Waals surface area contributed by atoms with Gasteiger partial charge in [-0.2, -0.15) is 0 Å². The number of amides is 1. The van der Waals surface area contributed by atoms with Gasteiger partial charge in [-0.15, -0.1) is 22.7 Å². The number of aromatic nitrogens is 3. The van der Waals surface area contributed by atoms with Crippen molar-refractivity contribution in [3.8, 4) is 0 Å². The van der Waals surface area contributed by atoms with Gasteiger partial charge < -0.3 is 10.3 Å². The topological polar surface area (TPSA) is 87.7 Å². The molecule has 3 aromatic heterocycles. The lowest BCUT2D eigenvalue weighted by atomic mass is 10.0. The molecule has 5 rings (SSSR count). The maximum atomic E-state index is 12.5. The van der Waals surface area contributed by atoms with Crippen LogP contribution >= 0.6 is 22.7 Å². The minimum atomic E-state index is -0.0804. The highest BCUT2D eigenvalue weighted by molar-refractivity contribution is 7.18. The van der Waals surface area contributed by atoms with E-state index in [4.69, 9.17) is 0 Å². The number of carbonyl (C=O) groups excluding carboxylic acids is 1. The molecule has 1 amide bonds. The summed E-state index contributed by atoms with van der Waals surface area (Å²) in [6.45, 7) is 0. The van der Waals surface area contributed by atoms with Gasteiger partial charge in [-0.05, 0) is 50.5 Å². The number of aromatic amines is 1. The molecule has 0 aromatic carbocycles. The summed E-state index contributed by atoms with van der Waals surface area (Å²) >= 11 is 3.24. The van der Waals surface area contributed by atoms with Crippen LogP contribution in [0.3, 0.4) is 0 Å². The van der Waals surface area contributed by atoms with E-state index in [1.165, 1.54) is 41.0 Å². The molecule has 2 aliphatic carbocycles. The van der Waals surface area contributed by atoms with E-state index in [-0.39, 0.29) is 17.9 Å². The zero-order chi connectivity index (χ0) is 19.8. The van der Waals surface area contributed by atoms with Crippen molar-refractivity contribution in [2.75, 3.05) is 5.32 Å². The first-order valence-corrected chi connectivity index (χ1v) is 12.1. The van der Waals surface area contributed by atoms with Crippen molar-refractivity contribution >= 4 is 43.9 Å². The van der Waals surface area contributed by atoms with Crippen LogP contribution in [0.25, 0.3) is 10.2 Å². The summed E-state index contributed by atoms with van der Waals surface area (Å²) < 4.78 is 0. The third-order valence-corrected chi connectivity index (χ3v) is 8.06. The van der Waals surface area contributed by atoms with E-state index in [0.717, 1.165) is 48.0 Å². The molecule has 0 unspecified atom stereocenters. The fraction of sp³-hybridized carbons (Fsp3) is 0.524. The predicted octanol–water partition coefficient (Wildman–Crippen LogP) is 4.16. The first-order valence-electron chi connectivity index (χ1n) is 10.5. The second kappa shape index (κ2) is 7.99. The van der Waals surface area contributed by atoms with Gasteiger partial charge in [0.1, 0.15) is 10.7 Å². The van der Waals surface area contributed by atoms with Crippen LogP contribution in [0.5, 0.6) is 0 Å². The van der Waals surface area contributed by atoms with Crippen LogP contribution in [-0.2, 0) is 36.9 Å². The number of nitrogens with one attached hydrogen (secondary N) is 2. The molecule has 0 bridgehead atoms. The van der Waals surface area contributed by atoms with E-state index in [0.29, 0.717) is 17.4 Å². The maximum absolute atomic E-state index is 12.5. The van der Waals surface area contributed by atoms with E-state index in [9.17, 15) is 9.59 Å². The Morgan fingerprint density at radius 2 is 1.79 bits per heavy atom. The molecule has 152 valence electrons.